The fraction of sp³-hybridized carbons (Fsp3) is 0.778. The second kappa shape index (κ2) is 9.05. The summed E-state index contributed by atoms with van der Waals surface area (Å²) in [6.45, 7) is 12.7. The molecule has 1 aliphatic rings. The van der Waals surface area contributed by atoms with Crippen molar-refractivity contribution in [2.75, 3.05) is 32.7 Å². The number of amides is 1. The normalized spacial score (nSPS) is 16.1. The molecule has 0 bridgehead atoms. The second-order valence-corrected chi connectivity index (χ2v) is 8.00. The number of piperazine rings is 1. The van der Waals surface area contributed by atoms with Gasteiger partial charge in [0.25, 0.3) is 0 Å². The zero-order chi connectivity index (χ0) is 20.0. The Morgan fingerprint density at radius 2 is 1.89 bits per heavy atom. The van der Waals surface area contributed by atoms with Gasteiger partial charge in [-0.15, -0.1) is 0 Å². The molecule has 0 radical (unpaired) electrons. The molecule has 1 aliphatic heterocycles. The Bertz CT molecular complexity index is 642. The van der Waals surface area contributed by atoms with Crippen LogP contribution < -0.4 is 5.73 Å². The zero-order valence-corrected chi connectivity index (χ0v) is 17.1. The highest BCUT2D eigenvalue weighted by Gasteiger charge is 2.26. The number of ether oxygens (including phenoxy) is 1. The lowest BCUT2D eigenvalue weighted by Crippen LogP contribution is -2.53. The van der Waals surface area contributed by atoms with Gasteiger partial charge in [0.2, 0.25) is 5.89 Å². The molecule has 2 rings (SSSR count). The van der Waals surface area contributed by atoms with Crippen molar-refractivity contribution in [3.63, 3.8) is 0 Å². The Balaban J connectivity index is 1.71. The van der Waals surface area contributed by atoms with Crippen molar-refractivity contribution in [1.82, 2.24) is 19.9 Å². The van der Waals surface area contributed by atoms with Crippen molar-refractivity contribution < 1.29 is 14.1 Å². The summed E-state index contributed by atoms with van der Waals surface area (Å²) in [5, 5.41) is 3.95. The van der Waals surface area contributed by atoms with E-state index < -0.39 is 5.60 Å². The first-order chi connectivity index (χ1) is 12.7. The number of aliphatic imine (C=N–C) groups is 1. The maximum atomic E-state index is 12.1. The van der Waals surface area contributed by atoms with Crippen LogP contribution in [-0.2, 0) is 11.2 Å². The van der Waals surface area contributed by atoms with Gasteiger partial charge >= 0.3 is 6.09 Å². The Labute approximate surface area is 160 Å². The molecule has 152 valence electrons. The number of aromatic nitrogens is 2. The smallest absolute Gasteiger partial charge is 0.410 e. The van der Waals surface area contributed by atoms with Crippen molar-refractivity contribution in [3.05, 3.63) is 11.7 Å². The van der Waals surface area contributed by atoms with Crippen LogP contribution in [0.25, 0.3) is 0 Å². The van der Waals surface area contributed by atoms with Gasteiger partial charge in [0.15, 0.2) is 11.8 Å². The lowest BCUT2D eigenvalue weighted by Gasteiger charge is -2.36. The molecule has 1 aromatic heterocycles. The van der Waals surface area contributed by atoms with Gasteiger partial charge in [0, 0.05) is 45.1 Å². The van der Waals surface area contributed by atoms with E-state index in [2.05, 4.69) is 15.1 Å². The highest BCUT2D eigenvalue weighted by Crippen LogP contribution is 2.12. The van der Waals surface area contributed by atoms with Gasteiger partial charge in [-0.2, -0.15) is 4.98 Å². The van der Waals surface area contributed by atoms with Crippen molar-refractivity contribution >= 4 is 12.1 Å². The molecule has 9 nitrogen and oxygen atoms in total. The van der Waals surface area contributed by atoms with Crippen molar-refractivity contribution in [1.29, 1.82) is 0 Å². The molecule has 0 spiro atoms. The number of rotatable bonds is 5. The summed E-state index contributed by atoms with van der Waals surface area (Å²) in [6, 6.07) is 0. The summed E-state index contributed by atoms with van der Waals surface area (Å²) in [7, 11) is 0. The van der Waals surface area contributed by atoms with Gasteiger partial charge in [-0.3, -0.25) is 4.99 Å². The Hall–Kier alpha value is -2.32. The monoisotopic (exact) mass is 380 g/mol. The van der Waals surface area contributed by atoms with Crippen LogP contribution in [0.15, 0.2) is 9.52 Å². The minimum Gasteiger partial charge on any atom is -0.444 e. The largest absolute Gasteiger partial charge is 0.444 e. The fourth-order valence-electron chi connectivity index (χ4n) is 2.57. The summed E-state index contributed by atoms with van der Waals surface area (Å²) < 4.78 is 10.6. The van der Waals surface area contributed by atoms with Crippen LogP contribution in [0.2, 0.25) is 0 Å². The van der Waals surface area contributed by atoms with E-state index in [9.17, 15) is 4.79 Å². The van der Waals surface area contributed by atoms with Gasteiger partial charge < -0.3 is 24.8 Å². The number of hydrogen-bond donors (Lipinski definition) is 1. The maximum absolute atomic E-state index is 12.1. The van der Waals surface area contributed by atoms with Crippen LogP contribution in [-0.4, -0.2) is 70.3 Å². The van der Waals surface area contributed by atoms with Crippen LogP contribution in [0.1, 0.15) is 58.7 Å². The quantitative estimate of drug-likeness (QED) is 0.472. The average molecular weight is 380 g/mol. The molecule has 1 fully saturated rings. The molecule has 27 heavy (non-hydrogen) atoms. The maximum Gasteiger partial charge on any atom is 0.410 e. The van der Waals surface area contributed by atoms with E-state index in [0.717, 1.165) is 12.2 Å². The minimum absolute atomic E-state index is 0.260. The number of guanidine groups is 1. The first-order valence-electron chi connectivity index (χ1n) is 9.51. The summed E-state index contributed by atoms with van der Waals surface area (Å²) >= 11 is 0. The van der Waals surface area contributed by atoms with Gasteiger partial charge in [0.1, 0.15) is 5.60 Å². The van der Waals surface area contributed by atoms with Gasteiger partial charge in [0.05, 0.1) is 0 Å². The molecule has 1 aromatic rings. The third-order valence-electron chi connectivity index (χ3n) is 4.08. The van der Waals surface area contributed by atoms with E-state index in [0.29, 0.717) is 51.0 Å². The number of carbonyl (C=O) groups is 1. The molecule has 0 unspecified atom stereocenters. The van der Waals surface area contributed by atoms with E-state index in [-0.39, 0.29) is 12.0 Å². The first kappa shape index (κ1) is 21.0. The van der Waals surface area contributed by atoms with Gasteiger partial charge in [-0.05, 0) is 27.2 Å². The second-order valence-electron chi connectivity index (χ2n) is 8.00. The predicted octanol–water partition coefficient (Wildman–Crippen LogP) is 1.99. The van der Waals surface area contributed by atoms with Crippen molar-refractivity contribution in [3.8, 4) is 0 Å². The van der Waals surface area contributed by atoms with E-state index in [1.807, 2.05) is 39.5 Å². The molecule has 9 heteroatoms. The summed E-state index contributed by atoms with van der Waals surface area (Å²) in [4.78, 5) is 24.6. The summed E-state index contributed by atoms with van der Waals surface area (Å²) in [5.41, 5.74) is 5.60. The van der Waals surface area contributed by atoms with Crippen LogP contribution in [0, 0.1) is 0 Å². The Kier molecular flexibility index (Phi) is 7.04. The molecule has 0 aromatic carbocycles. The van der Waals surface area contributed by atoms with Crippen molar-refractivity contribution in [2.45, 2.75) is 59.0 Å². The molecular formula is C18H32N6O3. The van der Waals surface area contributed by atoms with Crippen LogP contribution in [0.5, 0.6) is 0 Å². The van der Waals surface area contributed by atoms with E-state index in [4.69, 9.17) is 15.0 Å². The Morgan fingerprint density at radius 1 is 1.26 bits per heavy atom. The number of nitrogens with zero attached hydrogens (tertiary/aromatic N) is 5. The van der Waals surface area contributed by atoms with Crippen LogP contribution >= 0.6 is 0 Å². The van der Waals surface area contributed by atoms with E-state index in [1.165, 1.54) is 0 Å². The van der Waals surface area contributed by atoms with E-state index >= 15 is 0 Å². The van der Waals surface area contributed by atoms with Gasteiger partial charge in [-0.1, -0.05) is 19.0 Å². The number of carbonyl (C=O) groups excluding carboxylic acids is 1. The molecule has 2 N–H and O–H groups in total. The number of hydrogen-bond acceptors (Lipinski definition) is 6. The SMILES string of the molecule is CC(C)c1noc(CCCN=C(N)N2CCN(C(=O)OC(C)(C)C)CC2)n1. The predicted molar refractivity (Wildman–Crippen MR) is 103 cm³/mol. The van der Waals surface area contributed by atoms with Crippen LogP contribution in [0.3, 0.4) is 0 Å². The number of nitrogens with two attached hydrogens (primary N) is 1. The van der Waals surface area contributed by atoms with Gasteiger partial charge in [-0.25, -0.2) is 4.79 Å². The first-order valence-corrected chi connectivity index (χ1v) is 9.51. The lowest BCUT2D eigenvalue weighted by molar-refractivity contribution is 0.0186. The topological polar surface area (TPSA) is 110 Å². The molecule has 1 saturated heterocycles. The zero-order valence-electron chi connectivity index (χ0n) is 17.1. The third kappa shape index (κ3) is 6.73. The summed E-state index contributed by atoms with van der Waals surface area (Å²) in [5.74, 6) is 2.14. The third-order valence-corrected chi connectivity index (χ3v) is 4.08. The average Bonchev–Trinajstić information content (AvgIpc) is 3.06. The number of aryl methyl sites for hydroxylation is 1. The Morgan fingerprint density at radius 3 is 2.44 bits per heavy atom. The van der Waals surface area contributed by atoms with Crippen LogP contribution in [0.4, 0.5) is 4.79 Å². The highest BCUT2D eigenvalue weighted by molar-refractivity contribution is 5.78. The molecule has 0 aliphatic carbocycles. The van der Waals surface area contributed by atoms with E-state index in [1.54, 1.807) is 4.90 Å². The molecule has 0 saturated carbocycles. The molecule has 1 amide bonds. The molecule has 0 atom stereocenters. The highest BCUT2D eigenvalue weighted by atomic mass is 16.6. The fourth-order valence-corrected chi connectivity index (χ4v) is 2.57. The minimum atomic E-state index is -0.483. The lowest BCUT2D eigenvalue weighted by atomic mass is 10.2. The molecule has 2 heterocycles. The summed E-state index contributed by atoms with van der Waals surface area (Å²) in [6.07, 6.45) is 1.19. The van der Waals surface area contributed by atoms with Crippen molar-refractivity contribution in [2.24, 2.45) is 10.7 Å². The standard InChI is InChI=1S/C18H32N6O3/c1-13(2)15-21-14(27-22-15)7-6-8-20-16(19)23-9-11-24(12-10-23)17(25)26-18(3,4)5/h13H,6-12H2,1-5H3,(H2,19,20). The molecular weight excluding hydrogens is 348 g/mol.